The van der Waals surface area contributed by atoms with Crippen LogP contribution in [0.4, 0.5) is 24.7 Å². The molecule has 0 radical (unpaired) electrons. The second-order valence-electron chi connectivity index (χ2n) is 6.06. The fraction of sp³-hybridized carbons (Fsp3) is 0.263. The summed E-state index contributed by atoms with van der Waals surface area (Å²) in [6.45, 7) is 5.07. The van der Waals surface area contributed by atoms with Crippen LogP contribution in [0.3, 0.4) is 0 Å². The maximum absolute atomic E-state index is 13.3. The number of aromatic carboxylic acids is 1. The van der Waals surface area contributed by atoms with E-state index < -0.39 is 29.0 Å². The van der Waals surface area contributed by atoms with Crippen molar-refractivity contribution >= 4 is 34.7 Å². The maximum atomic E-state index is 13.3. The third-order valence-electron chi connectivity index (χ3n) is 4.12. The van der Waals surface area contributed by atoms with Gasteiger partial charge in [-0.05, 0) is 25.1 Å². The fourth-order valence-corrected chi connectivity index (χ4v) is 2.78. The Morgan fingerprint density at radius 1 is 1.29 bits per heavy atom. The molecule has 0 saturated heterocycles. The molecule has 0 saturated carbocycles. The van der Waals surface area contributed by atoms with E-state index in [9.17, 15) is 27.9 Å². The third kappa shape index (κ3) is 5.05. The summed E-state index contributed by atoms with van der Waals surface area (Å²) in [6.07, 6.45) is -4.07. The normalized spacial score (nSPS) is 11.1. The molecule has 0 aliphatic rings. The van der Waals surface area contributed by atoms with Gasteiger partial charge >= 0.3 is 12.1 Å². The smallest absolute Gasteiger partial charge is 0.417 e. The van der Waals surface area contributed by atoms with Gasteiger partial charge in [0, 0.05) is 18.3 Å². The van der Waals surface area contributed by atoms with Gasteiger partial charge in [-0.3, -0.25) is 9.20 Å². The van der Waals surface area contributed by atoms with Gasteiger partial charge in [0.1, 0.15) is 16.6 Å². The summed E-state index contributed by atoms with van der Waals surface area (Å²) in [4.78, 5) is 31.4. The molecular weight excluding hydrogens is 439 g/mol. The Bertz CT molecular complexity index is 1200. The molecular formula is C19H19ClF3N5O3. The topological polar surface area (TPSA) is 123 Å². The summed E-state index contributed by atoms with van der Waals surface area (Å²) in [5, 5.41) is 11.9. The molecule has 0 aliphatic carbocycles. The molecule has 0 amide bonds. The summed E-state index contributed by atoms with van der Waals surface area (Å²) < 4.78 is 40.7. The lowest BCUT2D eigenvalue weighted by molar-refractivity contribution is -0.137. The van der Waals surface area contributed by atoms with E-state index in [-0.39, 0.29) is 40.0 Å². The lowest BCUT2D eigenvalue weighted by Crippen LogP contribution is -2.23. The number of nitrogens with two attached hydrogens (primary N) is 1. The minimum Gasteiger partial charge on any atom is -0.476 e. The Morgan fingerprint density at radius 3 is 2.52 bits per heavy atom. The SMILES string of the molecule is CC.Cc1c(N)nc2c(CNc3ccc(Cl)nc3C(=O)O)cc(C(F)(F)F)cn2c1=O. The first kappa shape index (κ1) is 23.9. The Labute approximate surface area is 179 Å². The van der Waals surface area contributed by atoms with E-state index >= 15 is 0 Å². The van der Waals surface area contributed by atoms with E-state index in [1.807, 2.05) is 13.8 Å². The summed E-state index contributed by atoms with van der Waals surface area (Å²) in [5.74, 6) is -1.49. The number of pyridine rings is 2. The van der Waals surface area contributed by atoms with Crippen LogP contribution in [0.25, 0.3) is 5.65 Å². The molecule has 0 atom stereocenters. The minimum absolute atomic E-state index is 0.01000. The number of hydrogen-bond acceptors (Lipinski definition) is 6. The third-order valence-corrected chi connectivity index (χ3v) is 4.33. The number of carboxylic acids is 1. The summed E-state index contributed by atoms with van der Waals surface area (Å²) in [6, 6.07) is 3.46. The Morgan fingerprint density at radius 2 is 1.94 bits per heavy atom. The molecule has 4 N–H and O–H groups in total. The van der Waals surface area contributed by atoms with Gasteiger partial charge in [-0.25, -0.2) is 14.8 Å². The second-order valence-corrected chi connectivity index (χ2v) is 6.45. The van der Waals surface area contributed by atoms with Crippen molar-refractivity contribution in [3.05, 3.63) is 62.3 Å². The van der Waals surface area contributed by atoms with Crippen molar-refractivity contribution in [3.8, 4) is 0 Å². The molecule has 8 nitrogen and oxygen atoms in total. The van der Waals surface area contributed by atoms with E-state index in [2.05, 4.69) is 15.3 Å². The lowest BCUT2D eigenvalue weighted by atomic mass is 10.1. The molecule has 0 fully saturated rings. The number of nitrogens with one attached hydrogen (secondary N) is 1. The molecule has 0 aromatic carbocycles. The molecule has 12 heteroatoms. The number of halogens is 4. The molecule has 0 aliphatic heterocycles. The fourth-order valence-electron chi connectivity index (χ4n) is 2.63. The number of anilines is 2. The lowest BCUT2D eigenvalue weighted by Gasteiger charge is -2.15. The van der Waals surface area contributed by atoms with E-state index in [0.29, 0.717) is 6.20 Å². The van der Waals surface area contributed by atoms with E-state index in [1.54, 1.807) is 0 Å². The predicted octanol–water partition coefficient (Wildman–Crippen LogP) is 3.99. The standard InChI is InChI=1S/C17H13ClF3N5O3.C2H6/c1-7-13(22)25-14-8(4-9(17(19,20)21)6-26(14)15(7)27)5-23-10-2-3-11(18)24-12(10)16(28)29;1-2/h2-4,6,23H,5,22H2,1H3,(H,28,29);1-2H3. The molecule has 0 spiro atoms. The van der Waals surface area contributed by atoms with Crippen LogP contribution in [0.15, 0.2) is 29.2 Å². The molecule has 166 valence electrons. The summed E-state index contributed by atoms with van der Waals surface area (Å²) >= 11 is 5.69. The number of hydrogen-bond donors (Lipinski definition) is 3. The highest BCUT2D eigenvalue weighted by Crippen LogP contribution is 2.31. The number of nitrogens with zero attached hydrogens (tertiary/aromatic N) is 3. The first-order valence-corrected chi connectivity index (χ1v) is 9.39. The van der Waals surface area contributed by atoms with Gasteiger partial charge in [-0.1, -0.05) is 25.4 Å². The zero-order valence-corrected chi connectivity index (χ0v) is 17.5. The van der Waals surface area contributed by atoms with Gasteiger partial charge in [0.25, 0.3) is 5.56 Å². The van der Waals surface area contributed by atoms with Gasteiger partial charge < -0.3 is 16.2 Å². The number of nitrogen functional groups attached to an aromatic ring is 1. The second kappa shape index (κ2) is 9.21. The minimum atomic E-state index is -4.72. The molecule has 0 unspecified atom stereocenters. The molecule has 3 aromatic rings. The molecule has 31 heavy (non-hydrogen) atoms. The van der Waals surface area contributed by atoms with Crippen molar-refractivity contribution in [2.75, 3.05) is 11.1 Å². The predicted molar refractivity (Wildman–Crippen MR) is 110 cm³/mol. The average Bonchev–Trinajstić information content (AvgIpc) is 2.71. The zero-order valence-electron chi connectivity index (χ0n) is 16.7. The number of fused-ring (bicyclic) bond motifs is 1. The van der Waals surface area contributed by atoms with Crippen LogP contribution in [0.5, 0.6) is 0 Å². The summed E-state index contributed by atoms with van der Waals surface area (Å²) in [5.41, 5.74) is 3.42. The highest BCUT2D eigenvalue weighted by Gasteiger charge is 2.32. The van der Waals surface area contributed by atoms with Crippen molar-refractivity contribution < 1.29 is 23.1 Å². The number of rotatable bonds is 4. The quantitative estimate of drug-likeness (QED) is 0.506. The number of alkyl halides is 3. The van der Waals surface area contributed by atoms with E-state index in [0.717, 1.165) is 10.5 Å². The van der Waals surface area contributed by atoms with Gasteiger partial charge in [-0.2, -0.15) is 13.2 Å². The highest BCUT2D eigenvalue weighted by molar-refractivity contribution is 6.29. The van der Waals surface area contributed by atoms with E-state index in [4.69, 9.17) is 17.3 Å². The van der Waals surface area contributed by atoms with Crippen molar-refractivity contribution in [2.45, 2.75) is 33.5 Å². The zero-order chi connectivity index (χ0) is 23.5. The number of carboxylic acid groups (broad SMARTS) is 1. The van der Waals surface area contributed by atoms with Crippen molar-refractivity contribution in [2.24, 2.45) is 0 Å². The van der Waals surface area contributed by atoms with E-state index in [1.165, 1.54) is 19.1 Å². The molecule has 3 aromatic heterocycles. The van der Waals surface area contributed by atoms with Gasteiger partial charge in [0.2, 0.25) is 0 Å². The maximum Gasteiger partial charge on any atom is 0.417 e. The number of carbonyl (C=O) groups is 1. The monoisotopic (exact) mass is 457 g/mol. The van der Waals surface area contributed by atoms with Crippen LogP contribution >= 0.6 is 11.6 Å². The van der Waals surface area contributed by atoms with Crippen LogP contribution < -0.4 is 16.6 Å². The van der Waals surface area contributed by atoms with Crippen LogP contribution in [-0.4, -0.2) is 25.4 Å². The Balaban J connectivity index is 0.00000166. The van der Waals surface area contributed by atoms with Gasteiger partial charge in [-0.15, -0.1) is 0 Å². The van der Waals surface area contributed by atoms with Crippen LogP contribution in [0.2, 0.25) is 5.15 Å². The Hall–Kier alpha value is -3.34. The average molecular weight is 458 g/mol. The summed E-state index contributed by atoms with van der Waals surface area (Å²) in [7, 11) is 0. The molecule has 3 heterocycles. The van der Waals surface area contributed by atoms with Crippen LogP contribution in [0.1, 0.15) is 41.0 Å². The Kier molecular flexibility index (Phi) is 7.11. The first-order chi connectivity index (χ1) is 14.5. The number of aromatic nitrogens is 3. The largest absolute Gasteiger partial charge is 0.476 e. The van der Waals surface area contributed by atoms with Crippen molar-refractivity contribution in [1.82, 2.24) is 14.4 Å². The van der Waals surface area contributed by atoms with Crippen molar-refractivity contribution in [3.63, 3.8) is 0 Å². The molecule has 0 bridgehead atoms. The first-order valence-electron chi connectivity index (χ1n) is 9.01. The van der Waals surface area contributed by atoms with Crippen molar-refractivity contribution in [1.29, 1.82) is 0 Å². The van der Waals surface area contributed by atoms with Gasteiger partial charge in [0.05, 0.1) is 16.8 Å². The highest BCUT2D eigenvalue weighted by atomic mass is 35.5. The van der Waals surface area contributed by atoms with Crippen LogP contribution in [-0.2, 0) is 12.7 Å². The molecule has 3 rings (SSSR count). The van der Waals surface area contributed by atoms with Gasteiger partial charge in [0.15, 0.2) is 5.69 Å². The van der Waals surface area contributed by atoms with Crippen LogP contribution in [0, 0.1) is 6.92 Å².